The molecular formula is C30H22ClN3. The maximum atomic E-state index is 6.12. The SMILES string of the molecule is CC1(C)c2ccccc2-c2ccc(-c3nc(-c4ccccc4)nc(-c4ccc(Cl)cc4)n3)cc21. The average molecular weight is 460 g/mol. The predicted octanol–water partition coefficient (Wildman–Crippen LogP) is 7.83. The van der Waals surface area contributed by atoms with Crippen molar-refractivity contribution in [2.45, 2.75) is 19.3 Å². The monoisotopic (exact) mass is 459 g/mol. The second kappa shape index (κ2) is 7.89. The van der Waals surface area contributed by atoms with Crippen molar-refractivity contribution in [2.75, 3.05) is 0 Å². The lowest BCUT2D eigenvalue weighted by Crippen LogP contribution is -2.15. The van der Waals surface area contributed by atoms with E-state index in [9.17, 15) is 0 Å². The zero-order chi connectivity index (χ0) is 23.3. The van der Waals surface area contributed by atoms with Gasteiger partial charge in [0.15, 0.2) is 17.5 Å². The molecule has 4 heteroatoms. The molecule has 0 amide bonds. The zero-order valence-electron chi connectivity index (χ0n) is 19.0. The van der Waals surface area contributed by atoms with E-state index in [1.165, 1.54) is 22.3 Å². The predicted molar refractivity (Wildman–Crippen MR) is 139 cm³/mol. The molecule has 0 unspecified atom stereocenters. The van der Waals surface area contributed by atoms with Gasteiger partial charge in [-0.3, -0.25) is 0 Å². The highest BCUT2D eigenvalue weighted by Crippen LogP contribution is 2.49. The van der Waals surface area contributed by atoms with Gasteiger partial charge in [-0.15, -0.1) is 0 Å². The lowest BCUT2D eigenvalue weighted by atomic mass is 9.82. The smallest absolute Gasteiger partial charge is 0.164 e. The number of hydrogen-bond donors (Lipinski definition) is 0. The molecule has 3 nitrogen and oxygen atoms in total. The molecular weight excluding hydrogens is 438 g/mol. The number of hydrogen-bond acceptors (Lipinski definition) is 3. The van der Waals surface area contributed by atoms with Crippen LogP contribution in [0.2, 0.25) is 5.02 Å². The van der Waals surface area contributed by atoms with Gasteiger partial charge in [-0.05, 0) is 52.6 Å². The Labute approximate surface area is 204 Å². The van der Waals surface area contributed by atoms with Gasteiger partial charge in [0.25, 0.3) is 0 Å². The van der Waals surface area contributed by atoms with E-state index in [-0.39, 0.29) is 5.41 Å². The third-order valence-electron chi connectivity index (χ3n) is 6.61. The fourth-order valence-corrected chi connectivity index (χ4v) is 4.92. The quantitative estimate of drug-likeness (QED) is 0.276. The van der Waals surface area contributed by atoms with Crippen LogP contribution >= 0.6 is 11.6 Å². The molecule has 1 aliphatic rings. The molecule has 1 aromatic heterocycles. The first-order chi connectivity index (χ1) is 16.5. The van der Waals surface area contributed by atoms with Gasteiger partial charge in [-0.2, -0.15) is 0 Å². The fourth-order valence-electron chi connectivity index (χ4n) is 4.79. The summed E-state index contributed by atoms with van der Waals surface area (Å²) in [5.74, 6) is 1.94. The second-order valence-corrected chi connectivity index (χ2v) is 9.55. The van der Waals surface area contributed by atoms with Gasteiger partial charge in [0, 0.05) is 27.1 Å². The molecule has 0 fully saturated rings. The second-order valence-electron chi connectivity index (χ2n) is 9.11. The Morgan fingerprint density at radius 3 is 1.76 bits per heavy atom. The minimum Gasteiger partial charge on any atom is -0.208 e. The van der Waals surface area contributed by atoms with Crippen molar-refractivity contribution < 1.29 is 0 Å². The van der Waals surface area contributed by atoms with Crippen molar-refractivity contribution in [1.29, 1.82) is 0 Å². The van der Waals surface area contributed by atoms with Gasteiger partial charge in [0.2, 0.25) is 0 Å². The molecule has 0 radical (unpaired) electrons. The van der Waals surface area contributed by atoms with Gasteiger partial charge in [-0.25, -0.2) is 15.0 Å². The lowest BCUT2D eigenvalue weighted by Gasteiger charge is -2.21. The molecule has 0 atom stereocenters. The standard InChI is InChI=1S/C30H22ClN3/c1-30(2)25-11-7-6-10-23(25)24-17-14-21(18-26(24)30)29-33-27(19-8-4-3-5-9-19)32-28(34-29)20-12-15-22(31)16-13-20/h3-18H,1-2H3. The van der Waals surface area contributed by atoms with E-state index < -0.39 is 0 Å². The van der Waals surface area contributed by atoms with Crippen LogP contribution in [0.5, 0.6) is 0 Å². The summed E-state index contributed by atoms with van der Waals surface area (Å²) in [5, 5.41) is 0.682. The van der Waals surface area contributed by atoms with Gasteiger partial charge in [0.1, 0.15) is 0 Å². The molecule has 0 aliphatic heterocycles. The van der Waals surface area contributed by atoms with E-state index >= 15 is 0 Å². The van der Waals surface area contributed by atoms with E-state index in [1.54, 1.807) is 0 Å². The van der Waals surface area contributed by atoms with Crippen molar-refractivity contribution >= 4 is 11.6 Å². The van der Waals surface area contributed by atoms with Crippen LogP contribution < -0.4 is 0 Å². The van der Waals surface area contributed by atoms with Crippen molar-refractivity contribution in [2.24, 2.45) is 0 Å². The van der Waals surface area contributed by atoms with Crippen LogP contribution in [0, 0.1) is 0 Å². The summed E-state index contributed by atoms with van der Waals surface area (Å²) < 4.78 is 0. The Morgan fingerprint density at radius 2 is 1.06 bits per heavy atom. The number of benzene rings is 4. The molecule has 0 bridgehead atoms. The Kier molecular flexibility index (Phi) is 4.82. The minimum absolute atomic E-state index is 0.0871. The van der Waals surface area contributed by atoms with Crippen molar-refractivity contribution in [3.8, 4) is 45.3 Å². The zero-order valence-corrected chi connectivity index (χ0v) is 19.7. The van der Waals surface area contributed by atoms with E-state index in [0.717, 1.165) is 16.7 Å². The average Bonchev–Trinajstić information content (AvgIpc) is 3.11. The molecule has 1 aliphatic carbocycles. The van der Waals surface area contributed by atoms with Gasteiger partial charge < -0.3 is 0 Å². The minimum atomic E-state index is -0.0871. The van der Waals surface area contributed by atoms with E-state index in [1.807, 2.05) is 54.6 Å². The van der Waals surface area contributed by atoms with Crippen molar-refractivity contribution in [3.05, 3.63) is 113 Å². The maximum Gasteiger partial charge on any atom is 0.164 e. The van der Waals surface area contributed by atoms with Crippen molar-refractivity contribution in [1.82, 2.24) is 15.0 Å². The van der Waals surface area contributed by atoms with E-state index in [4.69, 9.17) is 26.6 Å². The van der Waals surface area contributed by atoms with Crippen LogP contribution in [0.1, 0.15) is 25.0 Å². The van der Waals surface area contributed by atoms with Crippen LogP contribution in [0.15, 0.2) is 97.1 Å². The van der Waals surface area contributed by atoms with Crippen LogP contribution in [0.4, 0.5) is 0 Å². The van der Waals surface area contributed by atoms with Crippen LogP contribution in [0.25, 0.3) is 45.3 Å². The summed E-state index contributed by atoms with van der Waals surface area (Å²) in [5.41, 5.74) is 7.97. The highest BCUT2D eigenvalue weighted by Gasteiger charge is 2.35. The summed E-state index contributed by atoms with van der Waals surface area (Å²) in [7, 11) is 0. The first-order valence-electron chi connectivity index (χ1n) is 11.3. The molecule has 5 aromatic rings. The highest BCUT2D eigenvalue weighted by atomic mass is 35.5. The molecule has 34 heavy (non-hydrogen) atoms. The molecule has 4 aromatic carbocycles. The summed E-state index contributed by atoms with van der Waals surface area (Å²) >= 11 is 6.12. The normalized spacial score (nSPS) is 13.4. The Balaban J connectivity index is 1.53. The first kappa shape index (κ1) is 20.8. The van der Waals surface area contributed by atoms with Crippen LogP contribution in [0.3, 0.4) is 0 Å². The number of aromatic nitrogens is 3. The van der Waals surface area contributed by atoms with Gasteiger partial charge in [0.05, 0.1) is 0 Å². The molecule has 0 saturated carbocycles. The Bertz CT molecular complexity index is 1520. The molecule has 0 spiro atoms. The van der Waals surface area contributed by atoms with Gasteiger partial charge >= 0.3 is 0 Å². The summed E-state index contributed by atoms with van der Waals surface area (Å²) in [6, 6.07) is 32.8. The highest BCUT2D eigenvalue weighted by molar-refractivity contribution is 6.30. The lowest BCUT2D eigenvalue weighted by molar-refractivity contribution is 0.660. The number of nitrogens with zero attached hydrogens (tertiary/aromatic N) is 3. The number of fused-ring (bicyclic) bond motifs is 3. The summed E-state index contributed by atoms with van der Waals surface area (Å²) in [6.45, 7) is 4.56. The third kappa shape index (κ3) is 3.41. The van der Waals surface area contributed by atoms with Crippen LogP contribution in [-0.4, -0.2) is 15.0 Å². The maximum absolute atomic E-state index is 6.12. The number of rotatable bonds is 3. The molecule has 6 rings (SSSR count). The third-order valence-corrected chi connectivity index (χ3v) is 6.86. The molecule has 0 saturated heterocycles. The Hall–Kier alpha value is -3.82. The van der Waals surface area contributed by atoms with Gasteiger partial charge in [-0.1, -0.05) is 92.2 Å². The molecule has 0 N–H and O–H groups in total. The number of halogens is 1. The topological polar surface area (TPSA) is 38.7 Å². The summed E-state index contributed by atoms with van der Waals surface area (Å²) in [6.07, 6.45) is 0. The molecule has 164 valence electrons. The van der Waals surface area contributed by atoms with Crippen LogP contribution in [-0.2, 0) is 5.41 Å². The van der Waals surface area contributed by atoms with E-state index in [0.29, 0.717) is 22.5 Å². The van der Waals surface area contributed by atoms with Crippen molar-refractivity contribution in [3.63, 3.8) is 0 Å². The summed E-state index contributed by atoms with van der Waals surface area (Å²) in [4.78, 5) is 14.6. The van der Waals surface area contributed by atoms with E-state index in [2.05, 4.69) is 56.3 Å². The molecule has 1 heterocycles. The first-order valence-corrected chi connectivity index (χ1v) is 11.7. The fraction of sp³-hybridized carbons (Fsp3) is 0.100. The largest absolute Gasteiger partial charge is 0.208 e. The Morgan fingerprint density at radius 1 is 0.529 bits per heavy atom.